The molecule has 0 radical (unpaired) electrons. The summed E-state index contributed by atoms with van der Waals surface area (Å²) in [5, 5.41) is 4.19. The summed E-state index contributed by atoms with van der Waals surface area (Å²) in [5.41, 5.74) is 1.90. The van der Waals surface area contributed by atoms with Crippen LogP contribution in [0.15, 0.2) is 11.6 Å². The number of likely N-dealkylation sites (tertiary alicyclic amines) is 1. The fourth-order valence-corrected chi connectivity index (χ4v) is 2.58. The van der Waals surface area contributed by atoms with Crippen molar-refractivity contribution in [2.24, 2.45) is 7.05 Å². The van der Waals surface area contributed by atoms with E-state index in [1.54, 1.807) is 29.6 Å². The van der Waals surface area contributed by atoms with Crippen molar-refractivity contribution >= 4 is 18.1 Å². The highest BCUT2D eigenvalue weighted by Gasteiger charge is 2.24. The van der Waals surface area contributed by atoms with Gasteiger partial charge in [-0.1, -0.05) is 5.57 Å². The summed E-state index contributed by atoms with van der Waals surface area (Å²) < 4.78 is 12.0. The molecule has 1 saturated heterocycles. The number of amides is 1. The molecular formula is C18H27N3O4. The molecule has 0 aromatic carbocycles. The first-order chi connectivity index (χ1) is 11.7. The van der Waals surface area contributed by atoms with Crippen molar-refractivity contribution in [3.8, 4) is 0 Å². The van der Waals surface area contributed by atoms with Crippen LogP contribution in [0, 0.1) is 0 Å². The lowest BCUT2D eigenvalue weighted by Gasteiger charge is -2.31. The molecule has 1 aromatic rings. The molecule has 7 heteroatoms. The molecule has 1 aromatic heterocycles. The second kappa shape index (κ2) is 7.72. The number of ether oxygens (including phenoxy) is 2. The van der Waals surface area contributed by atoms with Gasteiger partial charge in [-0.2, -0.15) is 5.10 Å². The molecule has 0 bridgehead atoms. The van der Waals surface area contributed by atoms with Crippen LogP contribution in [-0.2, 0) is 16.5 Å². The molecule has 2 rings (SSSR count). The monoisotopic (exact) mass is 349 g/mol. The standard InChI is InChI=1S/C18H27N3O4/c1-6-24-16(22)15-12-14(20(5)19-15)11-13-7-9-21(10-8-13)17(23)25-18(2,3)4/h11-12H,6-10H2,1-5H3. The van der Waals surface area contributed by atoms with E-state index in [-0.39, 0.29) is 6.09 Å². The number of aromatic nitrogens is 2. The molecular weight excluding hydrogens is 322 g/mol. The fraction of sp³-hybridized carbons (Fsp3) is 0.611. The predicted molar refractivity (Wildman–Crippen MR) is 94.2 cm³/mol. The lowest BCUT2D eigenvalue weighted by Crippen LogP contribution is -2.40. The Morgan fingerprint density at radius 2 is 1.92 bits per heavy atom. The van der Waals surface area contributed by atoms with Crippen molar-refractivity contribution in [1.82, 2.24) is 14.7 Å². The number of esters is 1. The lowest BCUT2D eigenvalue weighted by molar-refractivity contribution is 0.0236. The number of aryl methyl sites for hydroxylation is 1. The van der Waals surface area contributed by atoms with E-state index in [4.69, 9.17) is 9.47 Å². The molecule has 0 aliphatic carbocycles. The molecule has 1 amide bonds. The molecule has 2 heterocycles. The third-order valence-electron chi connectivity index (χ3n) is 3.81. The van der Waals surface area contributed by atoms with E-state index in [9.17, 15) is 9.59 Å². The molecule has 1 aliphatic heterocycles. The van der Waals surface area contributed by atoms with E-state index >= 15 is 0 Å². The topological polar surface area (TPSA) is 73.7 Å². The van der Waals surface area contributed by atoms with Crippen molar-refractivity contribution < 1.29 is 19.1 Å². The first-order valence-electron chi connectivity index (χ1n) is 8.58. The second-order valence-corrected chi connectivity index (χ2v) is 7.07. The van der Waals surface area contributed by atoms with Crippen LogP contribution in [0.4, 0.5) is 4.79 Å². The Hall–Kier alpha value is -2.31. The van der Waals surface area contributed by atoms with E-state index in [0.717, 1.165) is 18.5 Å². The lowest BCUT2D eigenvalue weighted by atomic mass is 10.0. The van der Waals surface area contributed by atoms with E-state index in [1.165, 1.54) is 5.57 Å². The van der Waals surface area contributed by atoms with Crippen LogP contribution in [0.2, 0.25) is 0 Å². The summed E-state index contributed by atoms with van der Waals surface area (Å²) >= 11 is 0. The number of hydrogen-bond acceptors (Lipinski definition) is 5. The van der Waals surface area contributed by atoms with Gasteiger partial charge in [-0.3, -0.25) is 4.68 Å². The minimum absolute atomic E-state index is 0.267. The van der Waals surface area contributed by atoms with Gasteiger partial charge in [0.15, 0.2) is 5.69 Å². The van der Waals surface area contributed by atoms with Gasteiger partial charge in [0.1, 0.15) is 5.60 Å². The van der Waals surface area contributed by atoms with E-state index in [2.05, 4.69) is 5.10 Å². The number of carbonyl (C=O) groups excluding carboxylic acids is 2. The van der Waals surface area contributed by atoms with Crippen LogP contribution in [0.3, 0.4) is 0 Å². The average Bonchev–Trinajstić information content (AvgIpc) is 2.88. The SMILES string of the molecule is CCOC(=O)c1cc(C=C2CCN(C(=O)OC(C)(C)C)CC2)n(C)n1. The largest absolute Gasteiger partial charge is 0.461 e. The summed E-state index contributed by atoms with van der Waals surface area (Å²) in [6, 6.07) is 1.73. The first-order valence-corrected chi connectivity index (χ1v) is 8.58. The number of hydrogen-bond donors (Lipinski definition) is 0. The summed E-state index contributed by atoms with van der Waals surface area (Å²) in [5.74, 6) is -0.414. The van der Waals surface area contributed by atoms with E-state index in [1.807, 2.05) is 26.8 Å². The second-order valence-electron chi connectivity index (χ2n) is 7.07. The maximum Gasteiger partial charge on any atom is 0.410 e. The maximum absolute atomic E-state index is 12.1. The molecule has 1 aliphatic rings. The Balaban J connectivity index is 1.99. The minimum Gasteiger partial charge on any atom is -0.461 e. The van der Waals surface area contributed by atoms with Gasteiger partial charge in [0.25, 0.3) is 0 Å². The highest BCUT2D eigenvalue weighted by atomic mass is 16.6. The Bertz CT molecular complexity index is 660. The molecule has 25 heavy (non-hydrogen) atoms. The number of rotatable bonds is 3. The van der Waals surface area contributed by atoms with Gasteiger partial charge in [-0.05, 0) is 52.7 Å². The van der Waals surface area contributed by atoms with Crippen LogP contribution in [0.25, 0.3) is 6.08 Å². The smallest absolute Gasteiger partial charge is 0.410 e. The zero-order chi connectivity index (χ0) is 18.6. The quantitative estimate of drug-likeness (QED) is 0.784. The van der Waals surface area contributed by atoms with Crippen molar-refractivity contribution in [2.75, 3.05) is 19.7 Å². The van der Waals surface area contributed by atoms with Gasteiger partial charge in [-0.15, -0.1) is 0 Å². The highest BCUT2D eigenvalue weighted by Crippen LogP contribution is 2.21. The van der Waals surface area contributed by atoms with E-state index < -0.39 is 11.6 Å². The number of piperidine rings is 1. The van der Waals surface area contributed by atoms with Gasteiger partial charge < -0.3 is 14.4 Å². The molecule has 0 atom stereocenters. The van der Waals surface area contributed by atoms with Crippen molar-refractivity contribution in [3.63, 3.8) is 0 Å². The first kappa shape index (κ1) is 19.0. The molecule has 0 saturated carbocycles. The highest BCUT2D eigenvalue weighted by molar-refractivity contribution is 5.87. The normalized spacial score (nSPS) is 15.1. The minimum atomic E-state index is -0.481. The predicted octanol–water partition coefficient (Wildman–Crippen LogP) is 3.01. The Kier molecular flexibility index (Phi) is 5.87. The summed E-state index contributed by atoms with van der Waals surface area (Å²) in [7, 11) is 1.80. The molecule has 1 fully saturated rings. The third-order valence-corrected chi connectivity index (χ3v) is 3.81. The maximum atomic E-state index is 12.1. The summed E-state index contributed by atoms with van der Waals surface area (Å²) in [6.07, 6.45) is 3.32. The van der Waals surface area contributed by atoms with Crippen molar-refractivity contribution in [3.05, 3.63) is 23.0 Å². The van der Waals surface area contributed by atoms with Crippen molar-refractivity contribution in [1.29, 1.82) is 0 Å². The molecule has 0 unspecified atom stereocenters. The van der Waals surface area contributed by atoms with Crippen LogP contribution >= 0.6 is 0 Å². The van der Waals surface area contributed by atoms with Gasteiger partial charge in [0, 0.05) is 20.1 Å². The van der Waals surface area contributed by atoms with Gasteiger partial charge in [0.2, 0.25) is 0 Å². The Labute approximate surface area is 148 Å². The molecule has 138 valence electrons. The number of nitrogens with zero attached hydrogens (tertiary/aromatic N) is 3. The Morgan fingerprint density at radius 1 is 1.28 bits per heavy atom. The summed E-state index contributed by atoms with van der Waals surface area (Å²) in [6.45, 7) is 8.94. The fourth-order valence-electron chi connectivity index (χ4n) is 2.58. The molecule has 7 nitrogen and oxygen atoms in total. The third kappa shape index (κ3) is 5.34. The zero-order valence-electron chi connectivity index (χ0n) is 15.7. The van der Waals surface area contributed by atoms with Crippen LogP contribution in [0.5, 0.6) is 0 Å². The van der Waals surface area contributed by atoms with Crippen LogP contribution in [-0.4, -0.2) is 52.0 Å². The molecule has 0 N–H and O–H groups in total. The van der Waals surface area contributed by atoms with Crippen LogP contribution in [0.1, 0.15) is 56.7 Å². The van der Waals surface area contributed by atoms with Gasteiger partial charge in [-0.25, -0.2) is 9.59 Å². The average molecular weight is 349 g/mol. The van der Waals surface area contributed by atoms with E-state index in [0.29, 0.717) is 25.4 Å². The Morgan fingerprint density at radius 3 is 2.48 bits per heavy atom. The summed E-state index contributed by atoms with van der Waals surface area (Å²) in [4.78, 5) is 25.6. The van der Waals surface area contributed by atoms with Gasteiger partial charge in [0.05, 0.1) is 12.3 Å². The number of carbonyl (C=O) groups is 2. The van der Waals surface area contributed by atoms with Crippen molar-refractivity contribution in [2.45, 2.75) is 46.1 Å². The van der Waals surface area contributed by atoms with Crippen LogP contribution < -0.4 is 0 Å². The zero-order valence-corrected chi connectivity index (χ0v) is 15.7. The molecule has 0 spiro atoms. The van der Waals surface area contributed by atoms with Gasteiger partial charge >= 0.3 is 12.1 Å².